The third kappa shape index (κ3) is 3.73. The molecule has 0 bridgehead atoms. The lowest BCUT2D eigenvalue weighted by Crippen LogP contribution is -2.12. The van der Waals surface area contributed by atoms with E-state index < -0.39 is 0 Å². The van der Waals surface area contributed by atoms with Crippen LogP contribution in [0.5, 0.6) is 0 Å². The summed E-state index contributed by atoms with van der Waals surface area (Å²) in [4.78, 5) is 30.6. The second kappa shape index (κ2) is 7.43. The Hall–Kier alpha value is -3.45. The molecular formula is C20H15N5OS. The van der Waals surface area contributed by atoms with Crippen LogP contribution in [-0.4, -0.2) is 25.8 Å². The molecule has 4 rings (SSSR count). The molecule has 1 amide bonds. The average Bonchev–Trinajstić information content (AvgIpc) is 3.12. The summed E-state index contributed by atoms with van der Waals surface area (Å²) < 4.78 is 0. The maximum atomic E-state index is 12.6. The van der Waals surface area contributed by atoms with Crippen molar-refractivity contribution < 1.29 is 4.79 Å². The van der Waals surface area contributed by atoms with Crippen molar-refractivity contribution in [3.63, 3.8) is 0 Å². The lowest BCUT2D eigenvalue weighted by Gasteiger charge is -2.04. The Morgan fingerprint density at radius 2 is 1.70 bits per heavy atom. The van der Waals surface area contributed by atoms with Crippen LogP contribution in [0.25, 0.3) is 22.1 Å². The van der Waals surface area contributed by atoms with Gasteiger partial charge in [0.1, 0.15) is 9.88 Å². The normalized spacial score (nSPS) is 10.6. The summed E-state index contributed by atoms with van der Waals surface area (Å²) in [5, 5.41) is 3.55. The highest BCUT2D eigenvalue weighted by Crippen LogP contribution is 2.27. The van der Waals surface area contributed by atoms with Gasteiger partial charge in [0.05, 0.1) is 29.5 Å². The van der Waals surface area contributed by atoms with Gasteiger partial charge in [-0.25, -0.2) is 15.0 Å². The van der Waals surface area contributed by atoms with Crippen molar-refractivity contribution in [3.05, 3.63) is 77.7 Å². The smallest absolute Gasteiger partial charge is 0.267 e. The highest BCUT2D eigenvalue weighted by atomic mass is 32.1. The molecular weight excluding hydrogens is 358 g/mol. The van der Waals surface area contributed by atoms with Gasteiger partial charge in [0.2, 0.25) is 0 Å². The minimum atomic E-state index is -0.233. The Bertz CT molecular complexity index is 1060. The average molecular weight is 373 g/mol. The van der Waals surface area contributed by atoms with E-state index in [2.05, 4.69) is 25.3 Å². The number of hydrogen-bond acceptors (Lipinski definition) is 6. The van der Waals surface area contributed by atoms with Gasteiger partial charge in [0.25, 0.3) is 5.91 Å². The summed E-state index contributed by atoms with van der Waals surface area (Å²) in [6, 6.07) is 15.3. The van der Waals surface area contributed by atoms with E-state index >= 15 is 0 Å². The molecule has 0 atom stereocenters. The van der Waals surface area contributed by atoms with Gasteiger partial charge in [-0.15, -0.1) is 11.3 Å². The van der Waals surface area contributed by atoms with E-state index in [9.17, 15) is 4.79 Å². The summed E-state index contributed by atoms with van der Waals surface area (Å²) in [6.45, 7) is 1.81. The standard InChI is InChI=1S/C20H15N5OS/c1-13-17(27-20(24-13)16-9-5-6-10-21-16)19(26)25-15-11-22-18(23-12-15)14-7-3-2-4-8-14/h2-12H,1H3,(H,25,26). The molecule has 0 saturated carbocycles. The third-order valence-corrected chi connectivity index (χ3v) is 5.01. The van der Waals surface area contributed by atoms with Gasteiger partial charge in [0, 0.05) is 11.8 Å². The lowest BCUT2D eigenvalue weighted by molar-refractivity contribution is 0.102. The van der Waals surface area contributed by atoms with Crippen molar-refractivity contribution in [3.8, 4) is 22.1 Å². The van der Waals surface area contributed by atoms with Gasteiger partial charge < -0.3 is 5.32 Å². The van der Waals surface area contributed by atoms with Crippen LogP contribution in [0.4, 0.5) is 5.69 Å². The molecule has 0 spiro atoms. The van der Waals surface area contributed by atoms with Crippen LogP contribution in [0.1, 0.15) is 15.4 Å². The second-order valence-electron chi connectivity index (χ2n) is 5.76. The van der Waals surface area contributed by atoms with Gasteiger partial charge in [-0.05, 0) is 19.1 Å². The number of thiazole rings is 1. The summed E-state index contributed by atoms with van der Waals surface area (Å²) >= 11 is 1.31. The molecule has 0 fully saturated rings. The van der Waals surface area contributed by atoms with E-state index in [0.29, 0.717) is 27.1 Å². The number of nitrogens with one attached hydrogen (secondary N) is 1. The van der Waals surface area contributed by atoms with Crippen LogP contribution in [-0.2, 0) is 0 Å². The number of aromatic nitrogens is 4. The van der Waals surface area contributed by atoms with Crippen LogP contribution < -0.4 is 5.32 Å². The number of carbonyl (C=O) groups excluding carboxylic acids is 1. The minimum absolute atomic E-state index is 0.233. The Kier molecular flexibility index (Phi) is 4.67. The van der Waals surface area contributed by atoms with Crippen molar-refractivity contribution in [2.24, 2.45) is 0 Å². The quantitative estimate of drug-likeness (QED) is 0.579. The lowest BCUT2D eigenvalue weighted by atomic mass is 10.2. The monoisotopic (exact) mass is 373 g/mol. The SMILES string of the molecule is Cc1nc(-c2ccccn2)sc1C(=O)Nc1cnc(-c2ccccc2)nc1. The van der Waals surface area contributed by atoms with E-state index in [1.54, 1.807) is 18.6 Å². The van der Waals surface area contributed by atoms with Gasteiger partial charge >= 0.3 is 0 Å². The summed E-state index contributed by atoms with van der Waals surface area (Å²) in [5.41, 5.74) is 2.88. The van der Waals surface area contributed by atoms with Crippen LogP contribution in [0, 0.1) is 6.92 Å². The summed E-state index contributed by atoms with van der Waals surface area (Å²) in [6.07, 6.45) is 4.91. The van der Waals surface area contributed by atoms with Crippen molar-refractivity contribution in [2.45, 2.75) is 6.92 Å². The zero-order valence-electron chi connectivity index (χ0n) is 14.5. The molecule has 0 aliphatic carbocycles. The van der Waals surface area contributed by atoms with Gasteiger partial charge in [-0.1, -0.05) is 36.4 Å². The van der Waals surface area contributed by atoms with E-state index in [4.69, 9.17) is 0 Å². The Labute approximate surface area is 160 Å². The second-order valence-corrected chi connectivity index (χ2v) is 6.76. The largest absolute Gasteiger partial charge is 0.319 e. The van der Waals surface area contributed by atoms with Crippen LogP contribution in [0.15, 0.2) is 67.1 Å². The molecule has 27 heavy (non-hydrogen) atoms. The van der Waals surface area contributed by atoms with Gasteiger partial charge in [-0.3, -0.25) is 9.78 Å². The first-order valence-corrected chi connectivity index (χ1v) is 9.10. The molecule has 0 aliphatic heterocycles. The summed E-state index contributed by atoms with van der Waals surface area (Å²) in [7, 11) is 0. The first-order valence-electron chi connectivity index (χ1n) is 8.28. The van der Waals surface area contributed by atoms with E-state index in [-0.39, 0.29) is 5.91 Å². The molecule has 1 aromatic carbocycles. The van der Waals surface area contributed by atoms with Crippen LogP contribution >= 0.6 is 11.3 Å². The number of aryl methyl sites for hydroxylation is 1. The number of anilines is 1. The van der Waals surface area contributed by atoms with E-state index in [0.717, 1.165) is 11.3 Å². The highest BCUT2D eigenvalue weighted by molar-refractivity contribution is 7.17. The minimum Gasteiger partial charge on any atom is -0.319 e. The maximum Gasteiger partial charge on any atom is 0.267 e. The molecule has 0 aliphatic rings. The predicted molar refractivity (Wildman–Crippen MR) is 106 cm³/mol. The molecule has 0 unspecified atom stereocenters. The predicted octanol–water partition coefficient (Wildman–Crippen LogP) is 4.22. The molecule has 4 aromatic rings. The maximum absolute atomic E-state index is 12.6. The molecule has 7 heteroatoms. The highest BCUT2D eigenvalue weighted by Gasteiger charge is 2.17. The third-order valence-electron chi connectivity index (χ3n) is 3.83. The first kappa shape index (κ1) is 17.0. The van der Waals surface area contributed by atoms with E-state index in [1.807, 2.05) is 55.5 Å². The summed E-state index contributed by atoms with van der Waals surface area (Å²) in [5.74, 6) is 0.378. The van der Waals surface area contributed by atoms with Crippen molar-refractivity contribution in [1.82, 2.24) is 19.9 Å². The Morgan fingerprint density at radius 3 is 2.41 bits per heavy atom. The number of benzene rings is 1. The Morgan fingerprint density at radius 1 is 0.963 bits per heavy atom. The molecule has 1 N–H and O–H groups in total. The first-order chi connectivity index (χ1) is 13.2. The fourth-order valence-corrected chi connectivity index (χ4v) is 3.46. The van der Waals surface area contributed by atoms with Crippen LogP contribution in [0.3, 0.4) is 0 Å². The molecule has 3 aromatic heterocycles. The van der Waals surface area contributed by atoms with Crippen molar-refractivity contribution in [2.75, 3.05) is 5.32 Å². The fraction of sp³-hybridized carbons (Fsp3) is 0.0500. The van der Waals surface area contributed by atoms with Gasteiger partial charge in [0.15, 0.2) is 5.82 Å². The molecule has 3 heterocycles. The zero-order valence-corrected chi connectivity index (χ0v) is 15.3. The number of pyridine rings is 1. The van der Waals surface area contributed by atoms with Gasteiger partial charge in [-0.2, -0.15) is 0 Å². The number of nitrogens with zero attached hydrogens (tertiary/aromatic N) is 4. The molecule has 6 nitrogen and oxygen atoms in total. The number of rotatable bonds is 4. The van der Waals surface area contributed by atoms with E-state index in [1.165, 1.54) is 11.3 Å². The molecule has 132 valence electrons. The number of carbonyl (C=O) groups is 1. The van der Waals surface area contributed by atoms with Crippen LogP contribution in [0.2, 0.25) is 0 Å². The Balaban J connectivity index is 1.52. The van der Waals surface area contributed by atoms with Crippen molar-refractivity contribution >= 4 is 22.9 Å². The number of amides is 1. The number of hydrogen-bond donors (Lipinski definition) is 1. The molecule has 0 saturated heterocycles. The molecule has 0 radical (unpaired) electrons. The zero-order chi connectivity index (χ0) is 18.6. The fourth-order valence-electron chi connectivity index (χ4n) is 2.52. The topological polar surface area (TPSA) is 80.7 Å². The van der Waals surface area contributed by atoms with Crippen molar-refractivity contribution in [1.29, 1.82) is 0 Å².